The van der Waals surface area contributed by atoms with Crippen molar-refractivity contribution < 1.29 is 20.1 Å². The highest BCUT2D eigenvalue weighted by molar-refractivity contribution is 5.66. The summed E-state index contributed by atoms with van der Waals surface area (Å²) < 4.78 is 0. The third-order valence-corrected chi connectivity index (χ3v) is 9.29. The molecule has 0 aromatic carbocycles. The van der Waals surface area contributed by atoms with Gasteiger partial charge >= 0.3 is 5.97 Å². The zero-order valence-corrected chi connectivity index (χ0v) is 18.9. The van der Waals surface area contributed by atoms with Crippen molar-refractivity contribution in [2.75, 3.05) is 0 Å². The van der Waals surface area contributed by atoms with Crippen molar-refractivity contribution in [3.8, 4) is 0 Å². The van der Waals surface area contributed by atoms with Crippen LogP contribution in [0.3, 0.4) is 0 Å². The minimum atomic E-state index is -0.708. The molecule has 3 saturated carbocycles. The van der Waals surface area contributed by atoms with E-state index in [0.29, 0.717) is 35.5 Å². The number of unbranched alkanes of at least 4 members (excludes halogenated alkanes) is 1. The molecule has 4 nitrogen and oxygen atoms in total. The zero-order chi connectivity index (χ0) is 21.2. The van der Waals surface area contributed by atoms with Crippen LogP contribution < -0.4 is 0 Å². The quantitative estimate of drug-likeness (QED) is 0.486. The van der Waals surface area contributed by atoms with Crippen molar-refractivity contribution in [3.05, 3.63) is 0 Å². The van der Waals surface area contributed by atoms with Gasteiger partial charge in [-0.25, -0.2) is 0 Å². The lowest BCUT2D eigenvalue weighted by molar-refractivity contribution is -0.138. The molecule has 4 heteroatoms. The summed E-state index contributed by atoms with van der Waals surface area (Å²) in [6, 6.07) is 0. The number of aliphatic hydroxyl groups is 2. The molecule has 3 aliphatic rings. The number of fused-ring (bicyclic) bond motifs is 3. The van der Waals surface area contributed by atoms with Gasteiger partial charge in [-0.3, -0.25) is 4.79 Å². The van der Waals surface area contributed by atoms with Crippen LogP contribution in [0.2, 0.25) is 0 Å². The first kappa shape index (κ1) is 23.1. The summed E-state index contributed by atoms with van der Waals surface area (Å²) in [5.74, 6) is 2.61. The Kier molecular flexibility index (Phi) is 7.70. The van der Waals surface area contributed by atoms with Gasteiger partial charge in [-0.1, -0.05) is 40.0 Å². The number of carboxylic acids is 1. The van der Waals surface area contributed by atoms with Crippen molar-refractivity contribution in [2.45, 2.75) is 110 Å². The number of hydrogen-bond acceptors (Lipinski definition) is 3. The van der Waals surface area contributed by atoms with E-state index in [-0.39, 0.29) is 24.0 Å². The maximum atomic E-state index is 11.3. The normalized spacial score (nSPS) is 41.4. The number of carbonyl (C=O) groups is 1. The molecule has 3 N–H and O–H groups in total. The molecular weight excluding hydrogens is 364 g/mol. The van der Waals surface area contributed by atoms with Crippen molar-refractivity contribution in [1.82, 2.24) is 0 Å². The minimum absolute atomic E-state index is 0.0490. The molecule has 9 atom stereocenters. The van der Waals surface area contributed by atoms with Crippen LogP contribution in [0.15, 0.2) is 0 Å². The molecule has 168 valence electrons. The summed E-state index contributed by atoms with van der Waals surface area (Å²) in [5, 5.41) is 30.7. The molecule has 3 unspecified atom stereocenters. The molecule has 29 heavy (non-hydrogen) atoms. The second-order valence-corrected chi connectivity index (χ2v) is 11.0. The monoisotopic (exact) mass is 408 g/mol. The van der Waals surface area contributed by atoms with Gasteiger partial charge in [0.1, 0.15) is 0 Å². The number of hydrogen-bond donors (Lipinski definition) is 3. The second-order valence-electron chi connectivity index (χ2n) is 11.0. The summed E-state index contributed by atoms with van der Waals surface area (Å²) in [4.78, 5) is 11.0. The van der Waals surface area contributed by atoms with Crippen LogP contribution in [0.4, 0.5) is 0 Å². The number of aliphatic carboxylic acids is 1. The molecule has 0 amide bonds. The van der Waals surface area contributed by atoms with Crippen LogP contribution in [-0.4, -0.2) is 33.5 Å². The standard InChI is InChI=1S/C25H44O4/c1-4-5-6-19(26)14-17-8-9-20-18(13-17)15-23(27)25(3)21(10-11-22(20)25)16(2)7-12-24(28)29/h16-23,26-27H,4-15H2,1-3H3,(H,28,29)/t16-,17+,18?,19-,20?,21-,22?,23+,25-/m1/s1. The van der Waals surface area contributed by atoms with E-state index in [9.17, 15) is 15.0 Å². The van der Waals surface area contributed by atoms with E-state index in [2.05, 4.69) is 20.8 Å². The van der Waals surface area contributed by atoms with Crippen LogP contribution >= 0.6 is 0 Å². The predicted molar refractivity (Wildman–Crippen MR) is 115 cm³/mol. The van der Waals surface area contributed by atoms with Gasteiger partial charge in [0.15, 0.2) is 0 Å². The van der Waals surface area contributed by atoms with Gasteiger partial charge in [0.2, 0.25) is 0 Å². The molecular formula is C25H44O4. The summed E-state index contributed by atoms with van der Waals surface area (Å²) in [6.45, 7) is 6.69. The number of rotatable bonds is 9. The Morgan fingerprint density at radius 1 is 1.14 bits per heavy atom. The van der Waals surface area contributed by atoms with Crippen molar-refractivity contribution in [3.63, 3.8) is 0 Å². The fourth-order valence-corrected chi connectivity index (χ4v) is 7.76. The molecule has 0 bridgehead atoms. The lowest BCUT2D eigenvalue weighted by Gasteiger charge is -2.55. The highest BCUT2D eigenvalue weighted by atomic mass is 16.4. The Balaban J connectivity index is 1.62. The topological polar surface area (TPSA) is 77.8 Å². The maximum Gasteiger partial charge on any atom is 0.303 e. The van der Waals surface area contributed by atoms with Gasteiger partial charge in [0, 0.05) is 6.42 Å². The van der Waals surface area contributed by atoms with Crippen molar-refractivity contribution in [2.24, 2.45) is 40.9 Å². The van der Waals surface area contributed by atoms with Crippen LogP contribution in [0, 0.1) is 40.9 Å². The second kappa shape index (κ2) is 9.68. The van der Waals surface area contributed by atoms with Gasteiger partial charge in [0.05, 0.1) is 12.2 Å². The third-order valence-electron chi connectivity index (χ3n) is 9.29. The molecule has 3 aliphatic carbocycles. The van der Waals surface area contributed by atoms with Gasteiger partial charge in [-0.2, -0.15) is 0 Å². The molecule has 0 radical (unpaired) electrons. The van der Waals surface area contributed by atoms with Crippen LogP contribution in [0.5, 0.6) is 0 Å². The first-order valence-corrected chi connectivity index (χ1v) is 12.3. The summed E-state index contributed by atoms with van der Waals surface area (Å²) in [6.07, 6.45) is 11.6. The molecule has 3 fully saturated rings. The summed E-state index contributed by atoms with van der Waals surface area (Å²) >= 11 is 0. The molecule has 0 heterocycles. The lowest BCUT2D eigenvalue weighted by atomic mass is 9.51. The summed E-state index contributed by atoms with van der Waals surface area (Å²) in [7, 11) is 0. The molecule has 3 rings (SSSR count). The maximum absolute atomic E-state index is 11.3. The van der Waals surface area contributed by atoms with E-state index in [1.807, 2.05) is 0 Å². The third kappa shape index (κ3) is 4.84. The predicted octanol–water partition coefficient (Wildman–Crippen LogP) is 5.26. The highest BCUT2D eigenvalue weighted by Gasteiger charge is 2.59. The van der Waals surface area contributed by atoms with Crippen LogP contribution in [0.25, 0.3) is 0 Å². The lowest BCUT2D eigenvalue weighted by Crippen LogP contribution is -2.53. The fourth-order valence-electron chi connectivity index (χ4n) is 7.76. The van der Waals surface area contributed by atoms with E-state index in [1.54, 1.807) is 0 Å². The molecule has 0 aromatic heterocycles. The Labute approximate surface area is 177 Å². The average Bonchev–Trinajstić information content (AvgIpc) is 3.03. The van der Waals surface area contributed by atoms with E-state index < -0.39 is 5.97 Å². The Morgan fingerprint density at radius 3 is 2.59 bits per heavy atom. The van der Waals surface area contributed by atoms with E-state index in [0.717, 1.165) is 44.9 Å². The van der Waals surface area contributed by atoms with Crippen molar-refractivity contribution in [1.29, 1.82) is 0 Å². The largest absolute Gasteiger partial charge is 0.481 e. The fraction of sp³-hybridized carbons (Fsp3) is 0.960. The Hall–Kier alpha value is -0.610. The number of carboxylic acid groups (broad SMARTS) is 1. The van der Waals surface area contributed by atoms with Gasteiger partial charge < -0.3 is 15.3 Å². The van der Waals surface area contributed by atoms with E-state index in [4.69, 9.17) is 5.11 Å². The van der Waals surface area contributed by atoms with Gasteiger partial charge in [-0.15, -0.1) is 0 Å². The molecule has 0 aromatic rings. The Morgan fingerprint density at radius 2 is 1.90 bits per heavy atom. The average molecular weight is 409 g/mol. The van der Waals surface area contributed by atoms with Crippen LogP contribution in [-0.2, 0) is 4.79 Å². The minimum Gasteiger partial charge on any atom is -0.481 e. The highest BCUT2D eigenvalue weighted by Crippen LogP contribution is 2.63. The van der Waals surface area contributed by atoms with Gasteiger partial charge in [0.25, 0.3) is 0 Å². The smallest absolute Gasteiger partial charge is 0.303 e. The van der Waals surface area contributed by atoms with E-state index >= 15 is 0 Å². The van der Waals surface area contributed by atoms with E-state index in [1.165, 1.54) is 25.7 Å². The SMILES string of the molecule is CCCC[C@@H](O)C[C@H]1CCC2C(C1)C[C@H](O)[C@@]1(C)C2CC[C@@H]1[C@H](C)CCC(=O)O. The van der Waals surface area contributed by atoms with Gasteiger partial charge in [-0.05, 0) is 92.3 Å². The number of aliphatic hydroxyl groups excluding tert-OH is 2. The summed E-state index contributed by atoms with van der Waals surface area (Å²) in [5.41, 5.74) is -0.0490. The zero-order valence-electron chi connectivity index (χ0n) is 18.9. The first-order chi connectivity index (χ1) is 13.8. The van der Waals surface area contributed by atoms with Crippen molar-refractivity contribution >= 4 is 5.97 Å². The molecule has 0 aliphatic heterocycles. The molecule has 0 saturated heterocycles. The Bertz CT molecular complexity index is 549. The first-order valence-electron chi connectivity index (χ1n) is 12.3. The molecule has 0 spiro atoms. The van der Waals surface area contributed by atoms with Crippen LogP contribution in [0.1, 0.15) is 97.8 Å².